The second-order valence-electron chi connectivity index (χ2n) is 7.49. The molecule has 1 nitrogen and oxygen atoms in total. The second-order valence-corrected chi connectivity index (χ2v) is 8.58. The quantitative estimate of drug-likeness (QED) is 0.275. The third kappa shape index (κ3) is 3.66. The Morgan fingerprint density at radius 2 is 1.23 bits per heavy atom. The number of halogens is 3. The van der Waals surface area contributed by atoms with Gasteiger partial charge in [-0.05, 0) is 61.5 Å². The summed E-state index contributed by atoms with van der Waals surface area (Å²) in [6.07, 6.45) is -4.36. The van der Waals surface area contributed by atoms with Gasteiger partial charge in [0.2, 0.25) is 0 Å². The molecule has 0 saturated carbocycles. The fourth-order valence-corrected chi connectivity index (χ4v) is 4.93. The van der Waals surface area contributed by atoms with Gasteiger partial charge >= 0.3 is 6.18 Å². The van der Waals surface area contributed by atoms with Crippen LogP contribution in [0.2, 0.25) is 0 Å². The lowest BCUT2D eigenvalue weighted by molar-refractivity contribution is -0.137. The van der Waals surface area contributed by atoms with Gasteiger partial charge in [0.25, 0.3) is 0 Å². The molecule has 4 aromatic carbocycles. The number of nitrogens with zero attached hydrogens (tertiary/aromatic N) is 1. The minimum atomic E-state index is -4.36. The molecule has 0 atom stereocenters. The summed E-state index contributed by atoms with van der Waals surface area (Å²) in [7, 11) is 0. The Balaban J connectivity index is 1.66. The van der Waals surface area contributed by atoms with Crippen molar-refractivity contribution in [2.75, 3.05) is 4.90 Å². The summed E-state index contributed by atoms with van der Waals surface area (Å²) < 4.78 is 41.6. The van der Waals surface area contributed by atoms with Crippen LogP contribution in [0.15, 0.2) is 91.0 Å². The number of thiophene rings is 1. The number of rotatable bonds is 3. The van der Waals surface area contributed by atoms with Crippen LogP contribution >= 0.6 is 11.3 Å². The molecule has 0 N–H and O–H groups in total. The minimum absolute atomic E-state index is 0.653. The fraction of sp³-hybridized carbons (Fsp3) is 0.0769. The van der Waals surface area contributed by atoms with Crippen LogP contribution in [0.25, 0.3) is 20.2 Å². The SMILES string of the molecule is Cc1ccc(N(c2ccc(C(F)(F)F)cc2)c2ccc3c(c2)sc2ccccc23)cc1. The summed E-state index contributed by atoms with van der Waals surface area (Å²) in [5, 5.41) is 2.39. The van der Waals surface area contributed by atoms with Crippen molar-refractivity contribution in [3.05, 3.63) is 102 Å². The summed E-state index contributed by atoms with van der Waals surface area (Å²) in [5.74, 6) is 0. The number of anilines is 3. The summed E-state index contributed by atoms with van der Waals surface area (Å²) in [5.41, 5.74) is 2.95. The van der Waals surface area contributed by atoms with E-state index in [4.69, 9.17) is 0 Å². The van der Waals surface area contributed by atoms with Crippen LogP contribution in [0.5, 0.6) is 0 Å². The van der Waals surface area contributed by atoms with Crippen molar-refractivity contribution in [3.8, 4) is 0 Å². The van der Waals surface area contributed by atoms with Gasteiger partial charge in [-0.1, -0.05) is 42.0 Å². The van der Waals surface area contributed by atoms with Gasteiger partial charge in [0, 0.05) is 37.2 Å². The van der Waals surface area contributed by atoms with Gasteiger partial charge in [-0.2, -0.15) is 13.2 Å². The number of hydrogen-bond donors (Lipinski definition) is 0. The van der Waals surface area contributed by atoms with E-state index >= 15 is 0 Å². The van der Waals surface area contributed by atoms with Crippen molar-refractivity contribution in [1.29, 1.82) is 0 Å². The highest BCUT2D eigenvalue weighted by Gasteiger charge is 2.30. The Morgan fingerprint density at radius 3 is 1.90 bits per heavy atom. The number of alkyl halides is 3. The largest absolute Gasteiger partial charge is 0.416 e. The lowest BCUT2D eigenvalue weighted by atomic mass is 10.1. The highest BCUT2D eigenvalue weighted by Crippen LogP contribution is 2.41. The van der Waals surface area contributed by atoms with E-state index in [2.05, 4.69) is 24.3 Å². The van der Waals surface area contributed by atoms with E-state index in [1.165, 1.54) is 27.6 Å². The van der Waals surface area contributed by atoms with Crippen LogP contribution in [0.4, 0.5) is 30.2 Å². The molecular weight excluding hydrogens is 415 g/mol. The van der Waals surface area contributed by atoms with Gasteiger partial charge in [0.1, 0.15) is 0 Å². The molecule has 1 heterocycles. The molecule has 31 heavy (non-hydrogen) atoms. The Bertz CT molecular complexity index is 1370. The van der Waals surface area contributed by atoms with Gasteiger partial charge in [0.05, 0.1) is 5.56 Å². The van der Waals surface area contributed by atoms with Crippen molar-refractivity contribution in [2.24, 2.45) is 0 Å². The Kier molecular flexibility index (Phi) is 4.71. The van der Waals surface area contributed by atoms with E-state index < -0.39 is 11.7 Å². The molecule has 5 aromatic rings. The number of aryl methyl sites for hydroxylation is 1. The highest BCUT2D eigenvalue weighted by atomic mass is 32.1. The summed E-state index contributed by atoms with van der Waals surface area (Å²) in [4.78, 5) is 1.99. The minimum Gasteiger partial charge on any atom is -0.310 e. The summed E-state index contributed by atoms with van der Waals surface area (Å²) in [6, 6.07) is 27.8. The van der Waals surface area contributed by atoms with Gasteiger partial charge in [-0.15, -0.1) is 11.3 Å². The van der Waals surface area contributed by atoms with E-state index in [0.717, 1.165) is 33.8 Å². The molecule has 0 spiro atoms. The van der Waals surface area contributed by atoms with E-state index in [-0.39, 0.29) is 0 Å². The van der Waals surface area contributed by atoms with Gasteiger partial charge in [-0.25, -0.2) is 0 Å². The smallest absolute Gasteiger partial charge is 0.310 e. The normalized spacial score (nSPS) is 11.9. The zero-order valence-corrected chi connectivity index (χ0v) is 17.5. The lowest BCUT2D eigenvalue weighted by Gasteiger charge is -2.26. The van der Waals surface area contributed by atoms with Crippen LogP contribution in [0, 0.1) is 6.92 Å². The van der Waals surface area contributed by atoms with Gasteiger partial charge < -0.3 is 4.90 Å². The first-order chi connectivity index (χ1) is 14.9. The predicted molar refractivity (Wildman–Crippen MR) is 124 cm³/mol. The maximum Gasteiger partial charge on any atom is 0.416 e. The zero-order chi connectivity index (χ0) is 21.6. The molecular formula is C26H18F3NS. The topological polar surface area (TPSA) is 3.24 Å². The van der Waals surface area contributed by atoms with Crippen molar-refractivity contribution in [3.63, 3.8) is 0 Å². The molecule has 0 aliphatic heterocycles. The zero-order valence-electron chi connectivity index (χ0n) is 16.6. The van der Waals surface area contributed by atoms with Crippen LogP contribution in [-0.2, 0) is 6.18 Å². The van der Waals surface area contributed by atoms with Crippen molar-refractivity contribution in [1.82, 2.24) is 0 Å². The Hall–Kier alpha value is -3.31. The average Bonchev–Trinajstić information content (AvgIpc) is 3.13. The first-order valence-electron chi connectivity index (χ1n) is 9.85. The van der Waals surface area contributed by atoms with Crippen molar-refractivity contribution in [2.45, 2.75) is 13.1 Å². The summed E-state index contributed by atoms with van der Waals surface area (Å²) in [6.45, 7) is 2.01. The molecule has 0 fully saturated rings. The molecule has 0 aliphatic rings. The molecule has 5 rings (SSSR count). The third-order valence-electron chi connectivity index (χ3n) is 5.37. The van der Waals surface area contributed by atoms with Crippen LogP contribution in [-0.4, -0.2) is 0 Å². The standard InChI is InChI=1S/C26H18F3NS/c1-17-6-10-19(11-7-17)30(20-12-8-18(9-13-20)26(27,28)29)21-14-15-23-22-4-2-3-5-24(22)31-25(23)16-21/h2-16H,1H3. The molecule has 5 heteroatoms. The number of benzene rings is 4. The van der Waals surface area contributed by atoms with Crippen LogP contribution in [0.1, 0.15) is 11.1 Å². The molecule has 154 valence electrons. The van der Waals surface area contributed by atoms with Crippen molar-refractivity contribution < 1.29 is 13.2 Å². The summed E-state index contributed by atoms with van der Waals surface area (Å²) >= 11 is 1.72. The molecule has 0 saturated heterocycles. The lowest BCUT2D eigenvalue weighted by Crippen LogP contribution is -2.11. The molecule has 1 aromatic heterocycles. The van der Waals surface area contributed by atoms with Gasteiger partial charge in [0.15, 0.2) is 0 Å². The first kappa shape index (κ1) is 19.6. The molecule has 0 aliphatic carbocycles. The second kappa shape index (κ2) is 7.43. The van der Waals surface area contributed by atoms with E-state index in [1.54, 1.807) is 11.3 Å². The monoisotopic (exact) mass is 433 g/mol. The Morgan fingerprint density at radius 1 is 0.645 bits per heavy atom. The van der Waals surface area contributed by atoms with E-state index in [0.29, 0.717) is 5.69 Å². The predicted octanol–water partition coefficient (Wildman–Crippen LogP) is 8.85. The van der Waals surface area contributed by atoms with E-state index in [9.17, 15) is 13.2 Å². The van der Waals surface area contributed by atoms with Crippen molar-refractivity contribution >= 4 is 48.6 Å². The maximum atomic E-state index is 13.1. The molecule has 0 unspecified atom stereocenters. The fourth-order valence-electron chi connectivity index (χ4n) is 3.79. The first-order valence-corrected chi connectivity index (χ1v) is 10.7. The number of hydrogen-bond acceptors (Lipinski definition) is 2. The maximum absolute atomic E-state index is 13.1. The average molecular weight is 433 g/mol. The molecule has 0 radical (unpaired) electrons. The Labute approximate surface area is 182 Å². The molecule has 0 bridgehead atoms. The van der Waals surface area contributed by atoms with Gasteiger partial charge in [-0.3, -0.25) is 0 Å². The molecule has 0 amide bonds. The number of fused-ring (bicyclic) bond motifs is 3. The van der Waals surface area contributed by atoms with E-state index in [1.807, 2.05) is 54.3 Å². The third-order valence-corrected chi connectivity index (χ3v) is 6.50. The van der Waals surface area contributed by atoms with Crippen LogP contribution < -0.4 is 4.90 Å². The highest BCUT2D eigenvalue weighted by molar-refractivity contribution is 7.25. The van der Waals surface area contributed by atoms with Crippen LogP contribution in [0.3, 0.4) is 0 Å².